The molecule has 0 aliphatic carbocycles. The Labute approximate surface area is 145 Å². The van der Waals surface area contributed by atoms with Crippen molar-refractivity contribution in [1.29, 1.82) is 0 Å². The molecule has 5 nitrogen and oxygen atoms in total. The van der Waals surface area contributed by atoms with E-state index in [1.165, 1.54) is 11.3 Å². The minimum atomic E-state index is -0.396. The van der Waals surface area contributed by atoms with Gasteiger partial charge in [0.15, 0.2) is 0 Å². The summed E-state index contributed by atoms with van der Waals surface area (Å²) in [7, 11) is 0. The van der Waals surface area contributed by atoms with Crippen LogP contribution in [-0.2, 0) is 0 Å². The minimum absolute atomic E-state index is 0.396. The van der Waals surface area contributed by atoms with Crippen molar-refractivity contribution in [3.05, 3.63) is 77.3 Å². The number of rotatable bonds is 2. The van der Waals surface area contributed by atoms with E-state index in [0.29, 0.717) is 16.8 Å². The molecular formula is C19H11N3O2S. The van der Waals surface area contributed by atoms with Gasteiger partial charge in [0, 0.05) is 10.9 Å². The molecule has 0 N–H and O–H groups in total. The average Bonchev–Trinajstić information content (AvgIpc) is 3.21. The van der Waals surface area contributed by atoms with Crippen LogP contribution in [0.3, 0.4) is 0 Å². The van der Waals surface area contributed by atoms with Gasteiger partial charge in [0.2, 0.25) is 4.96 Å². The monoisotopic (exact) mass is 345 g/mol. The maximum absolute atomic E-state index is 12.3. The molecule has 0 spiro atoms. The molecule has 5 rings (SSSR count). The first-order valence-electron chi connectivity index (χ1n) is 7.73. The number of hydrogen-bond donors (Lipinski definition) is 0. The van der Waals surface area contributed by atoms with E-state index >= 15 is 0 Å². The van der Waals surface area contributed by atoms with Crippen LogP contribution in [0.15, 0.2) is 76.1 Å². The van der Waals surface area contributed by atoms with Crippen LogP contribution in [0.25, 0.3) is 37.8 Å². The Balaban J connectivity index is 1.63. The smallest absolute Gasteiger partial charge is 0.345 e. The highest BCUT2D eigenvalue weighted by Gasteiger charge is 2.14. The average molecular weight is 345 g/mol. The lowest BCUT2D eigenvalue weighted by Crippen LogP contribution is -2.02. The number of para-hydroxylation sites is 1. The number of benzene rings is 2. The van der Waals surface area contributed by atoms with Gasteiger partial charge in [-0.25, -0.2) is 14.3 Å². The van der Waals surface area contributed by atoms with E-state index in [-0.39, 0.29) is 0 Å². The lowest BCUT2D eigenvalue weighted by atomic mass is 10.1. The van der Waals surface area contributed by atoms with Crippen LogP contribution >= 0.6 is 11.3 Å². The second-order valence-corrected chi connectivity index (χ2v) is 6.57. The second kappa shape index (κ2) is 5.39. The zero-order valence-electron chi connectivity index (χ0n) is 12.9. The fraction of sp³-hybridized carbons (Fsp3) is 0. The maximum atomic E-state index is 12.3. The Bertz CT molecular complexity index is 1240. The summed E-state index contributed by atoms with van der Waals surface area (Å²) in [6.07, 6.45) is 1.76. The predicted octanol–water partition coefficient (Wildman–Crippen LogP) is 4.23. The van der Waals surface area contributed by atoms with E-state index in [1.807, 2.05) is 54.6 Å². The summed E-state index contributed by atoms with van der Waals surface area (Å²) in [5, 5.41) is 6.32. The Hall–Kier alpha value is -3.25. The van der Waals surface area contributed by atoms with Crippen molar-refractivity contribution >= 4 is 27.3 Å². The molecule has 0 saturated heterocycles. The lowest BCUT2D eigenvalue weighted by Gasteiger charge is -1.98. The fourth-order valence-electron chi connectivity index (χ4n) is 2.77. The SMILES string of the molecule is O=c1oc2ccccc2cc1-c1cn2nc(-c3ccccc3)sc2n1. The van der Waals surface area contributed by atoms with Crippen LogP contribution in [0.5, 0.6) is 0 Å². The number of hydrogen-bond acceptors (Lipinski definition) is 5. The van der Waals surface area contributed by atoms with E-state index in [2.05, 4.69) is 10.1 Å². The molecule has 0 saturated carbocycles. The molecule has 120 valence electrons. The zero-order valence-corrected chi connectivity index (χ0v) is 13.7. The molecule has 0 radical (unpaired) electrons. The Morgan fingerprint density at radius 1 is 1.00 bits per heavy atom. The first kappa shape index (κ1) is 14.1. The summed E-state index contributed by atoms with van der Waals surface area (Å²) < 4.78 is 7.10. The van der Waals surface area contributed by atoms with E-state index in [0.717, 1.165) is 20.9 Å². The molecule has 5 aromatic rings. The van der Waals surface area contributed by atoms with Crippen molar-refractivity contribution in [3.63, 3.8) is 0 Å². The Morgan fingerprint density at radius 3 is 2.64 bits per heavy atom. The summed E-state index contributed by atoms with van der Waals surface area (Å²) in [4.78, 5) is 17.6. The molecule has 0 aliphatic rings. The third-order valence-electron chi connectivity index (χ3n) is 3.98. The summed E-state index contributed by atoms with van der Waals surface area (Å²) >= 11 is 1.48. The topological polar surface area (TPSA) is 60.4 Å². The first-order chi connectivity index (χ1) is 12.3. The van der Waals surface area contributed by atoms with Crippen molar-refractivity contribution in [2.24, 2.45) is 0 Å². The van der Waals surface area contributed by atoms with Gasteiger partial charge in [0.25, 0.3) is 0 Å². The Kier molecular flexibility index (Phi) is 3.05. The molecule has 3 heterocycles. The molecule has 0 atom stereocenters. The predicted molar refractivity (Wildman–Crippen MR) is 97.8 cm³/mol. The second-order valence-electron chi connectivity index (χ2n) is 5.61. The van der Waals surface area contributed by atoms with Crippen molar-refractivity contribution in [1.82, 2.24) is 14.6 Å². The first-order valence-corrected chi connectivity index (χ1v) is 8.54. The van der Waals surface area contributed by atoms with Gasteiger partial charge in [-0.3, -0.25) is 0 Å². The number of aromatic nitrogens is 3. The van der Waals surface area contributed by atoms with Crippen LogP contribution in [0.1, 0.15) is 0 Å². The number of imidazole rings is 1. The summed E-state index contributed by atoms with van der Waals surface area (Å²) in [6, 6.07) is 19.2. The zero-order chi connectivity index (χ0) is 16.8. The molecule has 0 amide bonds. The van der Waals surface area contributed by atoms with Gasteiger partial charge in [0.05, 0.1) is 17.5 Å². The van der Waals surface area contributed by atoms with E-state index < -0.39 is 5.63 Å². The van der Waals surface area contributed by atoms with E-state index in [9.17, 15) is 4.79 Å². The van der Waals surface area contributed by atoms with Crippen LogP contribution < -0.4 is 5.63 Å². The molecule has 2 aromatic carbocycles. The number of fused-ring (bicyclic) bond motifs is 2. The molecule has 0 aliphatic heterocycles. The van der Waals surface area contributed by atoms with Crippen LogP contribution in [0.4, 0.5) is 0 Å². The highest BCUT2D eigenvalue weighted by molar-refractivity contribution is 7.19. The molecular weight excluding hydrogens is 334 g/mol. The van der Waals surface area contributed by atoms with Gasteiger partial charge < -0.3 is 4.42 Å². The Morgan fingerprint density at radius 2 is 1.80 bits per heavy atom. The normalized spacial score (nSPS) is 11.4. The number of nitrogens with zero attached hydrogens (tertiary/aromatic N) is 3. The molecule has 3 aromatic heterocycles. The minimum Gasteiger partial charge on any atom is -0.422 e. The molecule has 0 bridgehead atoms. The fourth-order valence-corrected chi connectivity index (χ4v) is 3.65. The van der Waals surface area contributed by atoms with Crippen molar-refractivity contribution < 1.29 is 4.42 Å². The molecule has 0 unspecified atom stereocenters. The molecule has 6 heteroatoms. The van der Waals surface area contributed by atoms with Crippen LogP contribution in [0, 0.1) is 0 Å². The van der Waals surface area contributed by atoms with Gasteiger partial charge in [-0.15, -0.1) is 0 Å². The van der Waals surface area contributed by atoms with Crippen molar-refractivity contribution in [3.8, 4) is 21.8 Å². The van der Waals surface area contributed by atoms with E-state index in [1.54, 1.807) is 16.8 Å². The van der Waals surface area contributed by atoms with E-state index in [4.69, 9.17) is 4.42 Å². The van der Waals surface area contributed by atoms with Crippen molar-refractivity contribution in [2.75, 3.05) is 0 Å². The van der Waals surface area contributed by atoms with Crippen molar-refractivity contribution in [2.45, 2.75) is 0 Å². The quantitative estimate of drug-likeness (QED) is 0.449. The van der Waals surface area contributed by atoms with Gasteiger partial charge in [-0.05, 0) is 12.1 Å². The summed E-state index contributed by atoms with van der Waals surface area (Å²) in [6.45, 7) is 0. The molecule has 0 fully saturated rings. The van der Waals surface area contributed by atoms with Gasteiger partial charge in [-0.2, -0.15) is 5.10 Å². The maximum Gasteiger partial charge on any atom is 0.345 e. The third-order valence-corrected chi connectivity index (χ3v) is 4.95. The summed E-state index contributed by atoms with van der Waals surface area (Å²) in [5.41, 5.74) is 2.23. The van der Waals surface area contributed by atoms with Gasteiger partial charge in [-0.1, -0.05) is 59.9 Å². The summed E-state index contributed by atoms with van der Waals surface area (Å²) in [5.74, 6) is 0. The lowest BCUT2D eigenvalue weighted by molar-refractivity contribution is 0.563. The highest BCUT2D eigenvalue weighted by Crippen LogP contribution is 2.27. The van der Waals surface area contributed by atoms with Crippen LogP contribution in [0.2, 0.25) is 0 Å². The highest BCUT2D eigenvalue weighted by atomic mass is 32.1. The van der Waals surface area contributed by atoms with Gasteiger partial charge in [0.1, 0.15) is 10.6 Å². The molecule has 25 heavy (non-hydrogen) atoms. The van der Waals surface area contributed by atoms with Gasteiger partial charge >= 0.3 is 5.63 Å². The largest absolute Gasteiger partial charge is 0.422 e. The standard InChI is InChI=1S/C19H11N3O2S/c23-18-14(10-13-8-4-5-9-16(13)24-18)15-11-22-19(20-15)25-17(21-22)12-6-2-1-3-7-12/h1-11H. The third kappa shape index (κ3) is 2.35. The van der Waals surface area contributed by atoms with Crippen LogP contribution in [-0.4, -0.2) is 14.6 Å².